The van der Waals surface area contributed by atoms with E-state index in [9.17, 15) is 0 Å². The van der Waals surface area contributed by atoms with Gasteiger partial charge in [0, 0.05) is 136 Å². The molecule has 0 spiro atoms. The molecule has 0 aliphatic carbocycles. The molecule has 0 amide bonds. The lowest BCUT2D eigenvalue weighted by atomic mass is 10.0. The predicted molar refractivity (Wildman–Crippen MR) is 615 cm³/mol. The van der Waals surface area contributed by atoms with Crippen molar-refractivity contribution in [3.63, 3.8) is 0 Å². The Kier molecular flexibility index (Phi) is 21.8. The molecule has 0 aliphatic heterocycles. The van der Waals surface area contributed by atoms with Gasteiger partial charge in [0.25, 0.3) is 0 Å². The van der Waals surface area contributed by atoms with Crippen molar-refractivity contribution in [1.82, 2.24) is 58.6 Å². The van der Waals surface area contributed by atoms with Gasteiger partial charge >= 0.3 is 0 Å². The number of furan rings is 2. The normalized spacial score (nSPS) is 11.6. The zero-order valence-electron chi connectivity index (χ0n) is 80.6. The second-order valence-corrected chi connectivity index (χ2v) is 38.4. The highest BCUT2D eigenvalue weighted by Gasteiger charge is 2.26. The number of hydrogen-bond donors (Lipinski definition) is 0. The molecular weight excluding hydrogens is 1850 g/mol. The van der Waals surface area contributed by atoms with Crippen LogP contribution in [0.2, 0.25) is 0 Å². The molecule has 0 radical (unpaired) electrons. The third kappa shape index (κ3) is 15.9. The number of aromatic nitrogens is 12. The van der Waals surface area contributed by atoms with Crippen molar-refractivity contribution in [2.45, 2.75) is 0 Å². The summed E-state index contributed by atoms with van der Waals surface area (Å²) in [6.07, 6.45) is 0. The van der Waals surface area contributed by atoms with E-state index in [0.717, 1.165) is 177 Å². The van der Waals surface area contributed by atoms with Crippen LogP contribution in [0.4, 0.5) is 0 Å². The zero-order valence-corrected chi connectivity index (χ0v) is 81.4. The van der Waals surface area contributed by atoms with Gasteiger partial charge in [0.05, 0.1) is 37.8 Å². The monoisotopic (exact) mass is 1940 g/mol. The molecule has 0 saturated heterocycles. The Balaban J connectivity index is 0.000000108. The van der Waals surface area contributed by atoms with E-state index in [1.54, 1.807) is 0 Å². The molecule has 0 unspecified atom stereocenters. The highest BCUT2D eigenvalue weighted by molar-refractivity contribution is 7.26. The Hall–Kier alpha value is -20.1. The molecule has 9 aromatic heterocycles. The largest absolute Gasteiger partial charge is 0.456 e. The number of para-hydroxylation sites is 5. The SMILES string of the molecule is c1ccc(-c2cccc(-c3nc(-c4ccccc4)nc(-c4ccc(-n5c6ccccc6c6ccc7c8ccccc8oc7c65)cc4)n3)c2)cc1.c1ccc(-c2cccc(-c3nc(-c4ccccc4)nc(-c4ccc(-n5c6ccccc6c6ccc7c8ccccc8sc7c65)cc4)n3)c2)cc1.c1ccc(-c2cccc(-c3nc(-c4ccccc4)nc(-c4cccc(-n5c6ccccc6c6cc7oc8ccccc8c7cc65)c4)n3)c2)cc1. The molecule has 0 N–H and O–H groups in total. The van der Waals surface area contributed by atoms with Crippen LogP contribution in [0.5, 0.6) is 0 Å². The average Bonchev–Trinajstić information content (AvgIpc) is 1.57. The van der Waals surface area contributed by atoms with E-state index in [0.29, 0.717) is 52.4 Å². The Morgan fingerprint density at radius 1 is 0.153 bits per heavy atom. The van der Waals surface area contributed by atoms with Crippen molar-refractivity contribution in [3.8, 4) is 153 Å². The topological polar surface area (TPSA) is 157 Å². The average molecular weight is 1940 g/mol. The first-order valence-corrected chi connectivity index (χ1v) is 50.9. The maximum absolute atomic E-state index is 6.55. The Morgan fingerprint density at radius 2 is 0.460 bits per heavy atom. The molecule has 0 atom stereocenters. The molecule has 21 aromatic carbocycles. The first kappa shape index (κ1) is 87.6. The molecule has 702 valence electrons. The smallest absolute Gasteiger partial charge is 0.164 e. The minimum absolute atomic E-state index is 0.616. The van der Waals surface area contributed by atoms with E-state index < -0.39 is 0 Å². The van der Waals surface area contributed by atoms with E-state index in [1.165, 1.54) is 52.8 Å². The van der Waals surface area contributed by atoms with Crippen molar-refractivity contribution < 1.29 is 8.83 Å². The van der Waals surface area contributed by atoms with Gasteiger partial charge < -0.3 is 22.5 Å². The first-order valence-electron chi connectivity index (χ1n) is 50.1. The van der Waals surface area contributed by atoms with E-state index in [2.05, 4.69) is 390 Å². The summed E-state index contributed by atoms with van der Waals surface area (Å²) in [5, 5.41) is 14.2. The first-order chi connectivity index (χ1) is 74.3. The van der Waals surface area contributed by atoms with Crippen molar-refractivity contribution in [1.29, 1.82) is 0 Å². The lowest BCUT2D eigenvalue weighted by Gasteiger charge is -2.12. The van der Waals surface area contributed by atoms with Gasteiger partial charge in [0.15, 0.2) is 58.0 Å². The summed E-state index contributed by atoms with van der Waals surface area (Å²) in [7, 11) is 0. The maximum atomic E-state index is 6.55. The Bertz CT molecular complexity index is 10100. The van der Waals surface area contributed by atoms with Crippen LogP contribution >= 0.6 is 11.3 Å². The van der Waals surface area contributed by atoms with E-state index >= 15 is 0 Å². The lowest BCUT2D eigenvalue weighted by molar-refractivity contribution is 0.669. The summed E-state index contributed by atoms with van der Waals surface area (Å²) in [5.41, 5.74) is 28.7. The summed E-state index contributed by atoms with van der Waals surface area (Å²) < 4.78 is 22.5. The van der Waals surface area contributed by atoms with E-state index in [1.807, 2.05) is 145 Å². The number of fused-ring (bicyclic) bond motifs is 20. The molecule has 150 heavy (non-hydrogen) atoms. The van der Waals surface area contributed by atoms with Crippen LogP contribution in [0.25, 0.3) is 282 Å². The van der Waals surface area contributed by atoms with Gasteiger partial charge in [-0.3, -0.25) is 0 Å². The summed E-state index contributed by atoms with van der Waals surface area (Å²) >= 11 is 1.87. The van der Waals surface area contributed by atoms with Crippen molar-refractivity contribution in [2.75, 3.05) is 0 Å². The third-order valence-electron chi connectivity index (χ3n) is 28.3. The molecule has 30 aromatic rings. The highest BCUT2D eigenvalue weighted by Crippen LogP contribution is 2.47. The van der Waals surface area contributed by atoms with Crippen molar-refractivity contribution in [2.24, 2.45) is 0 Å². The van der Waals surface area contributed by atoms with Gasteiger partial charge in [-0.05, 0) is 167 Å². The van der Waals surface area contributed by atoms with Crippen LogP contribution in [0.15, 0.2) is 518 Å². The fourth-order valence-electron chi connectivity index (χ4n) is 21.2. The molecule has 9 heterocycles. The minimum atomic E-state index is 0.616. The van der Waals surface area contributed by atoms with Gasteiger partial charge in [-0.25, -0.2) is 44.9 Å². The van der Waals surface area contributed by atoms with Crippen LogP contribution < -0.4 is 0 Å². The summed E-state index contributed by atoms with van der Waals surface area (Å²) in [6, 6.07) is 177. The number of hydrogen-bond acceptors (Lipinski definition) is 12. The summed E-state index contributed by atoms with van der Waals surface area (Å²) in [5.74, 6) is 5.69. The van der Waals surface area contributed by atoms with Gasteiger partial charge in [0.1, 0.15) is 16.7 Å². The van der Waals surface area contributed by atoms with Gasteiger partial charge in [0.2, 0.25) is 0 Å². The second-order valence-electron chi connectivity index (χ2n) is 37.4. The lowest BCUT2D eigenvalue weighted by Crippen LogP contribution is -2.01. The van der Waals surface area contributed by atoms with Gasteiger partial charge in [-0.1, -0.05) is 376 Å². The molecule has 30 rings (SSSR count). The predicted octanol–water partition coefficient (Wildman–Crippen LogP) is 35.1. The standard InChI is InChI=1S/2C45H28N4O.C45H28N4S/c1-3-13-29(14-4-1)31-17-11-18-32(25-31)44-46-43(30-15-5-2-6-16-30)47-45(48-44)33-19-12-20-34(26-33)49-39-23-9-7-21-35(39)37-28-42-38(27-40(37)49)36-22-8-10-24-41(36)50-42;2*1-3-12-29(13-4-1)32-16-11-17-33(28-32)45-47-43(30-14-5-2-6-15-30)46-44(48-45)31-22-24-34(25-23-31)49-39-20-9-7-18-35(39)37-26-27-38-36-19-8-10-21-40(36)50-42(38)41(37)49/h3*1-28H. The van der Waals surface area contributed by atoms with E-state index in [4.69, 9.17) is 53.7 Å². The number of benzene rings is 21. The zero-order chi connectivity index (χ0) is 99.1. The molecular formula is C135H84N12O2S. The van der Waals surface area contributed by atoms with Crippen molar-refractivity contribution in [3.05, 3.63) is 510 Å². The summed E-state index contributed by atoms with van der Waals surface area (Å²) in [4.78, 5) is 45.2. The number of rotatable bonds is 15. The minimum Gasteiger partial charge on any atom is -0.456 e. The molecule has 0 aliphatic rings. The Morgan fingerprint density at radius 3 is 0.907 bits per heavy atom. The maximum Gasteiger partial charge on any atom is 0.164 e. The molecule has 0 bridgehead atoms. The molecule has 0 fully saturated rings. The Labute approximate surface area is 864 Å². The van der Waals surface area contributed by atoms with Crippen LogP contribution in [0.3, 0.4) is 0 Å². The fourth-order valence-corrected chi connectivity index (χ4v) is 22.5. The summed E-state index contributed by atoms with van der Waals surface area (Å²) in [6.45, 7) is 0. The fraction of sp³-hybridized carbons (Fsp3) is 0. The van der Waals surface area contributed by atoms with Crippen LogP contribution in [0.1, 0.15) is 0 Å². The van der Waals surface area contributed by atoms with Crippen LogP contribution in [-0.4, -0.2) is 58.6 Å². The highest BCUT2D eigenvalue weighted by atomic mass is 32.1. The van der Waals surface area contributed by atoms with Gasteiger partial charge in [-0.15, -0.1) is 11.3 Å². The van der Waals surface area contributed by atoms with Crippen LogP contribution in [0, 0.1) is 0 Å². The van der Waals surface area contributed by atoms with E-state index in [-0.39, 0.29) is 0 Å². The number of nitrogens with zero attached hydrogens (tertiary/aromatic N) is 12. The quantitative estimate of drug-likeness (QED) is 0.0962. The molecule has 14 nitrogen and oxygen atoms in total. The van der Waals surface area contributed by atoms with Crippen LogP contribution in [-0.2, 0) is 0 Å². The molecule has 15 heteroatoms. The molecule has 0 saturated carbocycles. The van der Waals surface area contributed by atoms with Crippen molar-refractivity contribution >= 4 is 141 Å². The van der Waals surface area contributed by atoms with Gasteiger partial charge in [-0.2, -0.15) is 0 Å². The second kappa shape index (κ2) is 37.2. The third-order valence-corrected chi connectivity index (χ3v) is 29.5. The number of thiophene rings is 1.